The molecule has 0 aliphatic heterocycles. The van der Waals surface area contributed by atoms with Crippen molar-refractivity contribution in [2.75, 3.05) is 13.2 Å². The van der Waals surface area contributed by atoms with Gasteiger partial charge in [0.1, 0.15) is 13.2 Å². The monoisotopic (exact) mass is 888 g/mol. The highest BCUT2D eigenvalue weighted by atomic mass is 16.7. The maximum absolute atomic E-state index is 12.8. The summed E-state index contributed by atoms with van der Waals surface area (Å²) < 4.78 is 16.8. The molecule has 0 radical (unpaired) electrons. The van der Waals surface area contributed by atoms with Crippen molar-refractivity contribution in [1.29, 1.82) is 0 Å². The Kier molecular flexibility index (Phi) is 50.3. The average Bonchev–Trinajstić information content (AvgIpc) is 3.28. The summed E-state index contributed by atoms with van der Waals surface area (Å²) in [6, 6.07) is 0. The van der Waals surface area contributed by atoms with Gasteiger partial charge in [-0.15, -0.1) is 0 Å². The van der Waals surface area contributed by atoms with E-state index in [1.807, 2.05) is 0 Å². The molecule has 6 nitrogen and oxygen atoms in total. The maximum atomic E-state index is 12.8. The molecule has 0 atom stereocenters. The highest BCUT2D eigenvalue weighted by Crippen LogP contribution is 2.15. The van der Waals surface area contributed by atoms with Crippen LogP contribution < -0.4 is 0 Å². The predicted octanol–water partition coefficient (Wildman–Crippen LogP) is 18.1. The molecule has 0 fully saturated rings. The van der Waals surface area contributed by atoms with Crippen molar-refractivity contribution in [3.05, 3.63) is 36.5 Å². The standard InChI is InChI=1S/C57H104O6/c1-4-7-10-13-16-19-22-25-28-31-34-37-40-43-46-49-55(58)61-52-54(63-57(60)51-48-45-42-39-36-33-30-27-24-21-18-15-12-9-6-3)53-62-56(59)50-47-44-41-38-35-32-29-26-23-20-17-14-11-8-5-2/h25-30,54H,4-24,31-53H2,1-3H3/b28-25-,29-26-,30-27-/i55+1,56+1,57+1. The van der Waals surface area contributed by atoms with E-state index in [2.05, 4.69) is 57.2 Å². The van der Waals surface area contributed by atoms with Crippen molar-refractivity contribution < 1.29 is 28.6 Å². The van der Waals surface area contributed by atoms with Gasteiger partial charge in [0.05, 0.1) is 0 Å². The lowest BCUT2D eigenvalue weighted by molar-refractivity contribution is -0.167. The maximum Gasteiger partial charge on any atom is 0.306 e. The van der Waals surface area contributed by atoms with E-state index in [-0.39, 0.29) is 31.1 Å². The van der Waals surface area contributed by atoms with Gasteiger partial charge in [-0.05, 0) is 96.3 Å². The third-order valence-electron chi connectivity index (χ3n) is 12.1. The molecule has 0 amide bonds. The lowest BCUT2D eigenvalue weighted by Crippen LogP contribution is -2.30. The lowest BCUT2D eigenvalue weighted by Gasteiger charge is -2.18. The van der Waals surface area contributed by atoms with Crippen LogP contribution in [0.15, 0.2) is 36.5 Å². The molecule has 0 spiro atoms. The summed E-state index contributed by atoms with van der Waals surface area (Å²) >= 11 is 0. The van der Waals surface area contributed by atoms with Crippen molar-refractivity contribution in [1.82, 2.24) is 0 Å². The second-order valence-corrected chi connectivity index (χ2v) is 18.5. The SMILES string of the molecule is CCCCCCCC/C=C\CCCCCCC[13C](=O)OCC(CO[13C](=O)CCCCCCC/C=C\CCCCCCCC)O[13C](=O)CCCCCCC/C=C\CCCCCCCC. The van der Waals surface area contributed by atoms with Crippen LogP contribution in [0.1, 0.15) is 290 Å². The van der Waals surface area contributed by atoms with Gasteiger partial charge in [-0.25, -0.2) is 0 Å². The Balaban J connectivity index is 4.39. The fourth-order valence-electron chi connectivity index (χ4n) is 7.90. The third kappa shape index (κ3) is 50.5. The number of esters is 3. The first-order valence-electron chi connectivity index (χ1n) is 27.5. The summed E-state index contributed by atoms with van der Waals surface area (Å²) in [5.41, 5.74) is 0. The number of hydrogen-bond donors (Lipinski definition) is 0. The summed E-state index contributed by atoms with van der Waals surface area (Å²) in [5, 5.41) is 0. The molecule has 0 N–H and O–H groups in total. The summed E-state index contributed by atoms with van der Waals surface area (Å²) in [6.45, 7) is 6.63. The van der Waals surface area contributed by atoms with Crippen LogP contribution in [0.2, 0.25) is 0 Å². The lowest BCUT2D eigenvalue weighted by atomic mass is 10.1. The Labute approximate surface area is 391 Å². The minimum atomic E-state index is -0.781. The fraction of sp³-hybridized carbons (Fsp3) is 0.842. The average molecular weight is 888 g/mol. The Morgan fingerprint density at radius 1 is 0.302 bits per heavy atom. The van der Waals surface area contributed by atoms with Crippen molar-refractivity contribution >= 4 is 17.9 Å². The summed E-state index contributed by atoms with van der Waals surface area (Å²) in [4.78, 5) is 38.0. The highest BCUT2D eigenvalue weighted by molar-refractivity contribution is 5.71. The number of carbonyl (C=O) groups excluding carboxylic acids is 3. The number of carbonyl (C=O) groups is 3. The molecule has 0 aromatic heterocycles. The zero-order chi connectivity index (χ0) is 45.8. The normalized spacial score (nSPS) is 11.8. The number of allylic oxidation sites excluding steroid dienone is 6. The molecule has 0 unspecified atom stereocenters. The van der Waals surface area contributed by atoms with Gasteiger partial charge in [0.15, 0.2) is 6.10 Å². The van der Waals surface area contributed by atoms with Gasteiger partial charge in [-0.2, -0.15) is 0 Å². The molecule has 6 heteroatoms. The van der Waals surface area contributed by atoms with Crippen molar-refractivity contribution in [2.24, 2.45) is 0 Å². The van der Waals surface area contributed by atoms with Crippen LogP contribution in [0.25, 0.3) is 0 Å². The first-order chi connectivity index (χ1) is 31.0. The van der Waals surface area contributed by atoms with E-state index in [1.54, 1.807) is 0 Å². The van der Waals surface area contributed by atoms with Gasteiger partial charge in [0.25, 0.3) is 0 Å². The first kappa shape index (κ1) is 60.6. The first-order valence-corrected chi connectivity index (χ1v) is 27.5. The van der Waals surface area contributed by atoms with E-state index >= 15 is 0 Å². The van der Waals surface area contributed by atoms with Gasteiger partial charge in [0, 0.05) is 19.3 Å². The van der Waals surface area contributed by atoms with E-state index < -0.39 is 6.10 Å². The van der Waals surface area contributed by atoms with E-state index in [9.17, 15) is 14.4 Å². The molecule has 0 saturated carbocycles. The quantitative estimate of drug-likeness (QED) is 0.0199. The number of unbranched alkanes of at least 4 members (excludes halogenated alkanes) is 33. The minimum absolute atomic E-state index is 0.0806. The van der Waals surface area contributed by atoms with Crippen LogP contribution in [0.3, 0.4) is 0 Å². The molecule has 0 aliphatic rings. The molecule has 0 aliphatic carbocycles. The second kappa shape index (κ2) is 52.3. The Hall–Kier alpha value is -2.37. The van der Waals surface area contributed by atoms with Crippen LogP contribution in [0.4, 0.5) is 0 Å². The van der Waals surface area contributed by atoms with E-state index in [0.29, 0.717) is 19.3 Å². The van der Waals surface area contributed by atoms with Crippen molar-refractivity contribution in [2.45, 2.75) is 297 Å². The summed E-state index contributed by atoms with van der Waals surface area (Å²) in [6.07, 6.45) is 61.2. The highest BCUT2D eigenvalue weighted by Gasteiger charge is 2.19. The van der Waals surface area contributed by atoms with Crippen LogP contribution in [0.5, 0.6) is 0 Å². The van der Waals surface area contributed by atoms with Gasteiger partial charge >= 0.3 is 17.9 Å². The molecular weight excluding hydrogens is 784 g/mol. The minimum Gasteiger partial charge on any atom is -0.462 e. The smallest absolute Gasteiger partial charge is 0.306 e. The number of ether oxygens (including phenoxy) is 3. The van der Waals surface area contributed by atoms with E-state index in [0.717, 1.165) is 77.0 Å². The fourth-order valence-corrected chi connectivity index (χ4v) is 7.90. The summed E-state index contributed by atoms with van der Waals surface area (Å²) in [7, 11) is 0. The molecule has 63 heavy (non-hydrogen) atoms. The Morgan fingerprint density at radius 3 is 0.794 bits per heavy atom. The molecule has 0 rings (SSSR count). The molecular formula is C57H104O6. The zero-order valence-corrected chi connectivity index (χ0v) is 42.1. The van der Waals surface area contributed by atoms with Gasteiger partial charge in [-0.3, -0.25) is 14.4 Å². The molecule has 0 saturated heterocycles. The largest absolute Gasteiger partial charge is 0.462 e. The van der Waals surface area contributed by atoms with Crippen molar-refractivity contribution in [3.63, 3.8) is 0 Å². The van der Waals surface area contributed by atoms with Crippen LogP contribution >= 0.6 is 0 Å². The van der Waals surface area contributed by atoms with Crippen molar-refractivity contribution in [3.8, 4) is 0 Å². The van der Waals surface area contributed by atoms with Crippen LogP contribution in [0, 0.1) is 0 Å². The van der Waals surface area contributed by atoms with Gasteiger partial charge < -0.3 is 14.2 Å². The Morgan fingerprint density at radius 2 is 0.524 bits per heavy atom. The zero-order valence-electron chi connectivity index (χ0n) is 42.1. The second-order valence-electron chi connectivity index (χ2n) is 18.5. The summed E-state index contributed by atoms with van der Waals surface area (Å²) in [5.74, 6) is -0.893. The van der Waals surface area contributed by atoms with Gasteiger partial charge in [-0.1, -0.05) is 211 Å². The Bertz CT molecular complexity index is 1010. The topological polar surface area (TPSA) is 78.9 Å². The third-order valence-corrected chi connectivity index (χ3v) is 12.1. The predicted molar refractivity (Wildman–Crippen MR) is 270 cm³/mol. The molecule has 0 bridgehead atoms. The van der Waals surface area contributed by atoms with E-state index in [4.69, 9.17) is 14.2 Å². The number of hydrogen-bond acceptors (Lipinski definition) is 6. The van der Waals surface area contributed by atoms with Crippen LogP contribution in [-0.4, -0.2) is 37.2 Å². The number of rotatable bonds is 50. The molecule has 0 aromatic carbocycles. The molecule has 0 heterocycles. The molecule has 368 valence electrons. The van der Waals surface area contributed by atoms with Gasteiger partial charge in [0.2, 0.25) is 0 Å². The molecule has 0 aromatic rings. The van der Waals surface area contributed by atoms with Crippen LogP contribution in [-0.2, 0) is 28.6 Å². The van der Waals surface area contributed by atoms with E-state index in [1.165, 1.54) is 173 Å².